The van der Waals surface area contributed by atoms with Crippen LogP contribution >= 0.6 is 11.6 Å². The Morgan fingerprint density at radius 2 is 1.77 bits per heavy atom. The predicted molar refractivity (Wildman–Crippen MR) is 117 cm³/mol. The van der Waals surface area contributed by atoms with Gasteiger partial charge in [-0.3, -0.25) is 9.59 Å². The van der Waals surface area contributed by atoms with Gasteiger partial charge >= 0.3 is 5.91 Å². The van der Waals surface area contributed by atoms with Crippen molar-refractivity contribution in [2.45, 2.75) is 19.0 Å². The zero-order valence-corrected chi connectivity index (χ0v) is 17.1. The van der Waals surface area contributed by atoms with E-state index in [1.165, 1.54) is 0 Å². The van der Waals surface area contributed by atoms with Gasteiger partial charge in [0.25, 0.3) is 5.91 Å². The first-order valence-corrected chi connectivity index (χ1v) is 10.0. The Balaban J connectivity index is 1.70. The molecule has 0 saturated carbocycles. The molecule has 1 aliphatic heterocycles. The third kappa shape index (κ3) is 4.26. The van der Waals surface area contributed by atoms with Gasteiger partial charge in [0.2, 0.25) is 12.3 Å². The number of nitrogens with one attached hydrogen (secondary N) is 2. The fourth-order valence-corrected chi connectivity index (χ4v) is 3.68. The van der Waals surface area contributed by atoms with Crippen LogP contribution in [0.15, 0.2) is 78.9 Å². The van der Waals surface area contributed by atoms with Crippen molar-refractivity contribution in [2.75, 3.05) is 0 Å². The quantitative estimate of drug-likeness (QED) is 0.635. The third-order valence-electron chi connectivity index (χ3n) is 5.00. The number of rotatable bonds is 4. The van der Waals surface area contributed by atoms with E-state index in [1.807, 2.05) is 67.7 Å². The van der Waals surface area contributed by atoms with Crippen LogP contribution in [0.5, 0.6) is 0 Å². The van der Waals surface area contributed by atoms with Gasteiger partial charge in [-0.2, -0.15) is 0 Å². The molecule has 0 aromatic heterocycles. The van der Waals surface area contributed by atoms with E-state index in [0.29, 0.717) is 10.6 Å². The van der Waals surface area contributed by atoms with Crippen LogP contribution in [0, 0.1) is 6.92 Å². The highest BCUT2D eigenvalue weighted by molar-refractivity contribution is 6.30. The van der Waals surface area contributed by atoms with Crippen molar-refractivity contribution in [3.05, 3.63) is 106 Å². The SMILES string of the molecule is Cc1cccc(C(=O)N[C@@H]2C(=O)N/[N+](=C\c3ccccc3)[C@@H]2c2ccc(Cl)cc2)c1. The number of amides is 2. The van der Waals surface area contributed by atoms with Crippen LogP contribution in [0.3, 0.4) is 0 Å². The number of hydrazone groups is 1. The Morgan fingerprint density at radius 1 is 1.03 bits per heavy atom. The molecule has 2 N–H and O–H groups in total. The summed E-state index contributed by atoms with van der Waals surface area (Å²) in [5.74, 6) is -0.567. The minimum absolute atomic E-state index is 0.275. The lowest BCUT2D eigenvalue weighted by molar-refractivity contribution is -0.596. The van der Waals surface area contributed by atoms with Gasteiger partial charge in [0.15, 0.2) is 6.04 Å². The molecule has 4 rings (SSSR count). The first-order chi connectivity index (χ1) is 14.5. The van der Waals surface area contributed by atoms with E-state index in [4.69, 9.17) is 11.6 Å². The monoisotopic (exact) mass is 418 g/mol. The maximum absolute atomic E-state index is 12.9. The highest BCUT2D eigenvalue weighted by Crippen LogP contribution is 2.26. The molecule has 1 saturated heterocycles. The van der Waals surface area contributed by atoms with Crippen molar-refractivity contribution in [1.29, 1.82) is 0 Å². The fourth-order valence-electron chi connectivity index (χ4n) is 3.55. The molecule has 0 spiro atoms. The van der Waals surface area contributed by atoms with E-state index < -0.39 is 12.1 Å². The first kappa shape index (κ1) is 19.9. The second-order valence-electron chi connectivity index (χ2n) is 7.24. The van der Waals surface area contributed by atoms with E-state index in [9.17, 15) is 9.59 Å². The number of carbonyl (C=O) groups excluding carboxylic acids is 2. The number of nitrogens with zero attached hydrogens (tertiary/aromatic N) is 1. The molecule has 30 heavy (non-hydrogen) atoms. The van der Waals surface area contributed by atoms with Crippen molar-refractivity contribution in [3.63, 3.8) is 0 Å². The molecule has 5 nitrogen and oxygen atoms in total. The maximum Gasteiger partial charge on any atom is 0.304 e. The topological polar surface area (TPSA) is 61.2 Å². The molecular weight excluding hydrogens is 398 g/mol. The minimum Gasteiger partial charge on any atom is -0.334 e. The summed E-state index contributed by atoms with van der Waals surface area (Å²) < 4.78 is 1.74. The summed E-state index contributed by atoms with van der Waals surface area (Å²) in [7, 11) is 0. The summed E-state index contributed by atoms with van der Waals surface area (Å²) in [4.78, 5) is 25.7. The Labute approximate surface area is 180 Å². The van der Waals surface area contributed by atoms with Crippen molar-refractivity contribution >= 4 is 29.6 Å². The van der Waals surface area contributed by atoms with Crippen LogP contribution in [0.1, 0.15) is 33.1 Å². The normalized spacial score (nSPS) is 19.5. The van der Waals surface area contributed by atoms with Crippen LogP contribution in [0.2, 0.25) is 5.02 Å². The average Bonchev–Trinajstić information content (AvgIpc) is 3.04. The molecule has 1 fully saturated rings. The number of hydrazine groups is 1. The van der Waals surface area contributed by atoms with Gasteiger partial charge in [-0.25, -0.2) is 0 Å². The minimum atomic E-state index is -0.765. The zero-order valence-electron chi connectivity index (χ0n) is 16.4. The molecule has 3 aromatic carbocycles. The number of carbonyl (C=O) groups is 2. The van der Waals surface area contributed by atoms with E-state index in [2.05, 4.69) is 10.7 Å². The van der Waals surface area contributed by atoms with Gasteiger partial charge in [-0.1, -0.05) is 59.6 Å². The average molecular weight is 419 g/mol. The molecule has 2 amide bonds. The van der Waals surface area contributed by atoms with Gasteiger partial charge < -0.3 is 5.32 Å². The Hall–Kier alpha value is -3.44. The maximum atomic E-state index is 12.9. The van der Waals surface area contributed by atoms with Gasteiger partial charge in [0.1, 0.15) is 0 Å². The Bertz CT molecular complexity index is 1110. The molecule has 1 aliphatic rings. The lowest BCUT2D eigenvalue weighted by atomic mass is 9.99. The lowest BCUT2D eigenvalue weighted by Gasteiger charge is -2.15. The summed E-state index contributed by atoms with van der Waals surface area (Å²) in [5.41, 5.74) is 6.16. The second kappa shape index (κ2) is 8.51. The molecule has 150 valence electrons. The van der Waals surface area contributed by atoms with Crippen molar-refractivity contribution in [2.24, 2.45) is 0 Å². The highest BCUT2D eigenvalue weighted by atomic mass is 35.5. The summed E-state index contributed by atoms with van der Waals surface area (Å²) in [5, 5.41) is 3.51. The van der Waals surface area contributed by atoms with E-state index in [0.717, 1.165) is 16.7 Å². The molecule has 1 heterocycles. The second-order valence-corrected chi connectivity index (χ2v) is 7.68. The predicted octanol–water partition coefficient (Wildman–Crippen LogP) is 3.66. The Morgan fingerprint density at radius 3 is 2.47 bits per heavy atom. The molecule has 0 radical (unpaired) electrons. The smallest absolute Gasteiger partial charge is 0.304 e. The highest BCUT2D eigenvalue weighted by Gasteiger charge is 2.47. The lowest BCUT2D eigenvalue weighted by Crippen LogP contribution is -2.42. The van der Waals surface area contributed by atoms with Crippen LogP contribution in [-0.2, 0) is 4.79 Å². The first-order valence-electron chi connectivity index (χ1n) is 9.63. The van der Waals surface area contributed by atoms with E-state index in [1.54, 1.807) is 28.9 Å². The van der Waals surface area contributed by atoms with Crippen molar-refractivity contribution in [3.8, 4) is 0 Å². The van der Waals surface area contributed by atoms with Crippen molar-refractivity contribution in [1.82, 2.24) is 10.7 Å². The molecule has 6 heteroatoms. The summed E-state index contributed by atoms with van der Waals surface area (Å²) >= 11 is 6.06. The number of hydrogen-bond donors (Lipinski definition) is 2. The van der Waals surface area contributed by atoms with Gasteiger partial charge in [-0.15, -0.1) is 10.1 Å². The molecule has 2 atom stereocenters. The van der Waals surface area contributed by atoms with Gasteiger partial charge in [0, 0.05) is 21.7 Å². The molecule has 0 bridgehead atoms. The van der Waals surface area contributed by atoms with Gasteiger partial charge in [0.05, 0.1) is 0 Å². The molecular formula is C24H21ClN3O2+. The van der Waals surface area contributed by atoms with Crippen LogP contribution in [0.25, 0.3) is 0 Å². The number of benzene rings is 3. The molecule has 0 unspecified atom stereocenters. The fraction of sp³-hybridized carbons (Fsp3) is 0.125. The van der Waals surface area contributed by atoms with E-state index >= 15 is 0 Å². The molecule has 0 aliphatic carbocycles. The third-order valence-corrected chi connectivity index (χ3v) is 5.26. The van der Waals surface area contributed by atoms with Crippen LogP contribution in [0.4, 0.5) is 0 Å². The summed E-state index contributed by atoms with van der Waals surface area (Å²) in [6.45, 7) is 1.92. The van der Waals surface area contributed by atoms with Crippen LogP contribution in [-0.4, -0.2) is 28.8 Å². The number of halogens is 1. The standard InChI is InChI=1S/C24H20ClN3O2/c1-16-6-5-9-19(14-16)23(29)26-21-22(18-10-12-20(25)13-11-18)28(27-24(21)30)15-17-7-3-2-4-8-17/h2-15,21-22H,1H3,(H-,26,27,29,30)/p+1/b28-15-/t21-,22+/m0/s1. The largest absolute Gasteiger partial charge is 0.334 e. The number of aryl methyl sites for hydroxylation is 1. The van der Waals surface area contributed by atoms with Crippen molar-refractivity contribution < 1.29 is 14.3 Å². The number of hydrogen-bond acceptors (Lipinski definition) is 2. The van der Waals surface area contributed by atoms with Gasteiger partial charge in [-0.05, 0) is 43.3 Å². The molecule has 3 aromatic rings. The summed E-state index contributed by atoms with van der Waals surface area (Å²) in [6.07, 6.45) is 1.86. The van der Waals surface area contributed by atoms with Crippen LogP contribution < -0.4 is 10.7 Å². The zero-order chi connectivity index (χ0) is 21.1. The Kier molecular flexibility index (Phi) is 5.63. The summed E-state index contributed by atoms with van der Waals surface area (Å²) in [6, 6.07) is 23.1. The van der Waals surface area contributed by atoms with E-state index in [-0.39, 0.29) is 11.8 Å².